The number of hydrogen-bond donors (Lipinski definition) is 1. The van der Waals surface area contributed by atoms with Gasteiger partial charge in [-0.1, -0.05) is 28.9 Å². The standard InChI is InChI=1S/C17H20BrNO3/c1-4-8-17(22-11(3)20)16-12(7-9-21-17)14-13(18)6-5-10(2)15(14)19-16/h5-6,19H,4,7-9H2,1-3H3. The molecule has 1 aliphatic rings. The van der Waals surface area contributed by atoms with E-state index in [-0.39, 0.29) is 5.97 Å². The summed E-state index contributed by atoms with van der Waals surface area (Å²) in [6.45, 7) is 6.12. The van der Waals surface area contributed by atoms with Crippen molar-refractivity contribution < 1.29 is 14.3 Å². The first-order chi connectivity index (χ1) is 10.5. The summed E-state index contributed by atoms with van der Waals surface area (Å²) in [6, 6.07) is 4.14. The van der Waals surface area contributed by atoms with Gasteiger partial charge in [0.05, 0.1) is 17.8 Å². The molecule has 2 heterocycles. The van der Waals surface area contributed by atoms with Gasteiger partial charge >= 0.3 is 5.97 Å². The summed E-state index contributed by atoms with van der Waals surface area (Å²) >= 11 is 3.65. The fourth-order valence-electron chi connectivity index (χ4n) is 3.32. The topological polar surface area (TPSA) is 51.3 Å². The van der Waals surface area contributed by atoms with E-state index in [0.717, 1.165) is 28.5 Å². The van der Waals surface area contributed by atoms with Gasteiger partial charge in [-0.15, -0.1) is 0 Å². The number of hydrogen-bond acceptors (Lipinski definition) is 3. The molecule has 1 N–H and O–H groups in total. The maximum Gasteiger partial charge on any atom is 0.305 e. The van der Waals surface area contributed by atoms with E-state index in [0.29, 0.717) is 13.0 Å². The van der Waals surface area contributed by atoms with E-state index in [9.17, 15) is 4.79 Å². The van der Waals surface area contributed by atoms with Crippen LogP contribution in [0.25, 0.3) is 10.9 Å². The van der Waals surface area contributed by atoms with Gasteiger partial charge in [-0.05, 0) is 37.0 Å². The lowest BCUT2D eigenvalue weighted by atomic mass is 9.96. The number of rotatable bonds is 3. The number of ether oxygens (including phenoxy) is 2. The van der Waals surface area contributed by atoms with E-state index < -0.39 is 5.79 Å². The maximum absolute atomic E-state index is 11.6. The molecule has 0 saturated carbocycles. The minimum Gasteiger partial charge on any atom is -0.427 e. The Hall–Kier alpha value is -1.33. The third-order valence-corrected chi connectivity index (χ3v) is 4.83. The van der Waals surface area contributed by atoms with Crippen molar-refractivity contribution in [2.24, 2.45) is 0 Å². The molecule has 1 aliphatic heterocycles. The second-order valence-electron chi connectivity index (χ2n) is 5.79. The van der Waals surface area contributed by atoms with E-state index >= 15 is 0 Å². The molecular formula is C17H20BrNO3. The predicted molar refractivity (Wildman–Crippen MR) is 88.7 cm³/mol. The lowest BCUT2D eigenvalue weighted by molar-refractivity contribution is -0.247. The molecule has 4 nitrogen and oxygen atoms in total. The third-order valence-electron chi connectivity index (χ3n) is 4.17. The zero-order chi connectivity index (χ0) is 15.9. The number of fused-ring (bicyclic) bond motifs is 3. The van der Waals surface area contributed by atoms with Crippen molar-refractivity contribution in [2.45, 2.75) is 45.8 Å². The van der Waals surface area contributed by atoms with Crippen molar-refractivity contribution in [1.29, 1.82) is 0 Å². The highest BCUT2D eigenvalue weighted by Crippen LogP contribution is 2.43. The third kappa shape index (κ3) is 2.36. The quantitative estimate of drug-likeness (QED) is 0.823. The van der Waals surface area contributed by atoms with Gasteiger partial charge in [0, 0.05) is 23.2 Å². The molecule has 1 aromatic heterocycles. The molecule has 0 aliphatic carbocycles. The van der Waals surface area contributed by atoms with Crippen LogP contribution in [0.5, 0.6) is 0 Å². The van der Waals surface area contributed by atoms with E-state index in [1.54, 1.807) is 0 Å². The maximum atomic E-state index is 11.6. The first-order valence-electron chi connectivity index (χ1n) is 7.62. The van der Waals surface area contributed by atoms with Crippen molar-refractivity contribution in [2.75, 3.05) is 6.61 Å². The van der Waals surface area contributed by atoms with Crippen LogP contribution in [0.3, 0.4) is 0 Å². The summed E-state index contributed by atoms with van der Waals surface area (Å²) in [5, 5.41) is 1.17. The van der Waals surface area contributed by atoms with Crippen molar-refractivity contribution in [3.63, 3.8) is 0 Å². The van der Waals surface area contributed by atoms with Crippen LogP contribution in [-0.2, 0) is 26.5 Å². The van der Waals surface area contributed by atoms with Crippen LogP contribution in [0.4, 0.5) is 0 Å². The van der Waals surface area contributed by atoms with Gasteiger partial charge in [-0.25, -0.2) is 0 Å². The molecule has 0 radical (unpaired) electrons. The predicted octanol–water partition coefficient (Wildman–Crippen LogP) is 4.33. The van der Waals surface area contributed by atoms with Gasteiger partial charge in [-0.3, -0.25) is 4.79 Å². The van der Waals surface area contributed by atoms with Gasteiger partial charge < -0.3 is 14.5 Å². The Morgan fingerprint density at radius 2 is 2.27 bits per heavy atom. The molecule has 1 unspecified atom stereocenters. The Balaban J connectivity index is 2.27. The Labute approximate surface area is 138 Å². The number of benzene rings is 1. The number of halogens is 1. The smallest absolute Gasteiger partial charge is 0.305 e. The lowest BCUT2D eigenvalue weighted by Crippen LogP contribution is -2.39. The van der Waals surface area contributed by atoms with E-state index in [2.05, 4.69) is 46.9 Å². The molecule has 0 spiro atoms. The number of aromatic amines is 1. The normalized spacial score (nSPS) is 20.9. The zero-order valence-corrected chi connectivity index (χ0v) is 14.7. The van der Waals surface area contributed by atoms with Crippen molar-refractivity contribution >= 4 is 32.8 Å². The molecule has 1 atom stereocenters. The molecule has 0 saturated heterocycles. The van der Waals surface area contributed by atoms with Crippen molar-refractivity contribution in [3.8, 4) is 0 Å². The zero-order valence-electron chi connectivity index (χ0n) is 13.1. The van der Waals surface area contributed by atoms with Gasteiger partial charge in [0.25, 0.3) is 5.79 Å². The molecule has 22 heavy (non-hydrogen) atoms. The van der Waals surface area contributed by atoms with Crippen LogP contribution in [0.1, 0.15) is 43.5 Å². The van der Waals surface area contributed by atoms with Gasteiger partial charge in [0.2, 0.25) is 0 Å². The van der Waals surface area contributed by atoms with E-state index in [1.807, 2.05) is 0 Å². The van der Waals surface area contributed by atoms with Gasteiger partial charge in [-0.2, -0.15) is 0 Å². The number of aryl methyl sites for hydroxylation is 1. The minimum absolute atomic E-state index is 0.323. The van der Waals surface area contributed by atoms with Crippen LogP contribution in [-0.4, -0.2) is 17.6 Å². The van der Waals surface area contributed by atoms with Crippen molar-refractivity contribution in [1.82, 2.24) is 4.98 Å². The molecule has 2 aromatic rings. The molecule has 3 rings (SSSR count). The van der Waals surface area contributed by atoms with Gasteiger partial charge in [0.1, 0.15) is 0 Å². The van der Waals surface area contributed by atoms with E-state index in [4.69, 9.17) is 9.47 Å². The van der Waals surface area contributed by atoms with Crippen LogP contribution in [0.15, 0.2) is 16.6 Å². The Morgan fingerprint density at radius 3 is 2.95 bits per heavy atom. The largest absolute Gasteiger partial charge is 0.427 e. The SMILES string of the molecule is CCCC1(OC(C)=O)OCCc2c1[nH]c1c(C)ccc(Br)c21. The summed E-state index contributed by atoms with van der Waals surface area (Å²) in [5.41, 5.74) is 4.32. The fourth-order valence-corrected chi connectivity index (χ4v) is 3.89. The summed E-state index contributed by atoms with van der Waals surface area (Å²) in [5.74, 6) is -1.31. The average molecular weight is 366 g/mol. The Morgan fingerprint density at radius 1 is 1.50 bits per heavy atom. The van der Waals surface area contributed by atoms with Crippen LogP contribution in [0, 0.1) is 6.92 Å². The summed E-state index contributed by atoms with van der Waals surface area (Å²) in [4.78, 5) is 15.1. The molecule has 1 aromatic carbocycles. The number of H-pyrrole nitrogens is 1. The van der Waals surface area contributed by atoms with Gasteiger partial charge in [0.15, 0.2) is 0 Å². The molecule has 0 fully saturated rings. The summed E-state index contributed by atoms with van der Waals surface area (Å²) in [6.07, 6.45) is 2.31. The first-order valence-corrected chi connectivity index (χ1v) is 8.41. The molecule has 118 valence electrons. The average Bonchev–Trinajstić information content (AvgIpc) is 2.85. The number of carbonyl (C=O) groups excluding carboxylic acids is 1. The highest BCUT2D eigenvalue weighted by atomic mass is 79.9. The molecule has 5 heteroatoms. The second kappa shape index (κ2) is 5.70. The van der Waals surface area contributed by atoms with Crippen molar-refractivity contribution in [3.05, 3.63) is 33.4 Å². The van der Waals surface area contributed by atoms with Crippen LogP contribution >= 0.6 is 15.9 Å². The summed E-state index contributed by atoms with van der Waals surface area (Å²) in [7, 11) is 0. The summed E-state index contributed by atoms with van der Waals surface area (Å²) < 4.78 is 12.7. The Kier molecular flexibility index (Phi) is 4.03. The number of aromatic nitrogens is 1. The van der Waals surface area contributed by atoms with Crippen LogP contribution < -0.4 is 0 Å². The van der Waals surface area contributed by atoms with E-state index in [1.165, 1.54) is 23.4 Å². The number of carbonyl (C=O) groups is 1. The number of esters is 1. The number of nitrogens with one attached hydrogen (secondary N) is 1. The first kappa shape index (κ1) is 15.6. The monoisotopic (exact) mass is 365 g/mol. The molecule has 0 bridgehead atoms. The fraction of sp³-hybridized carbons (Fsp3) is 0.471. The lowest BCUT2D eigenvalue weighted by Gasteiger charge is -2.36. The molecule has 0 amide bonds. The Bertz CT molecular complexity index is 737. The minimum atomic E-state index is -0.987. The highest BCUT2D eigenvalue weighted by molar-refractivity contribution is 9.10. The highest BCUT2D eigenvalue weighted by Gasteiger charge is 2.43. The molecular weight excluding hydrogens is 346 g/mol. The second-order valence-corrected chi connectivity index (χ2v) is 6.64. The van der Waals surface area contributed by atoms with Crippen LogP contribution in [0.2, 0.25) is 0 Å².